The molecule has 1 aromatic carbocycles. The Bertz CT molecular complexity index is 312. The number of carbonyl (C=O) groups is 1. The van der Waals surface area contributed by atoms with Crippen LogP contribution in [0.2, 0.25) is 0 Å². The third kappa shape index (κ3) is 3.16. The summed E-state index contributed by atoms with van der Waals surface area (Å²) in [5.74, 6) is -0.925. The van der Waals surface area contributed by atoms with Crippen molar-refractivity contribution in [1.82, 2.24) is 0 Å². The van der Waals surface area contributed by atoms with Gasteiger partial charge in [0.05, 0.1) is 18.8 Å². The van der Waals surface area contributed by atoms with Crippen LogP contribution in [0.3, 0.4) is 0 Å². The molecule has 0 saturated carbocycles. The van der Waals surface area contributed by atoms with E-state index < -0.39 is 5.97 Å². The summed E-state index contributed by atoms with van der Waals surface area (Å²) in [5, 5.41) is 8.72. The lowest BCUT2D eigenvalue weighted by molar-refractivity contribution is 0.0696. The Kier molecular flexibility index (Phi) is 4.10. The normalized spacial score (nSPS) is 10.1. The second kappa shape index (κ2) is 5.36. The van der Waals surface area contributed by atoms with Crippen LogP contribution in [0.4, 0.5) is 0 Å². The minimum atomic E-state index is -0.925. The van der Waals surface area contributed by atoms with E-state index in [1.807, 2.05) is 6.07 Å². The summed E-state index contributed by atoms with van der Waals surface area (Å²) in [6, 6.07) is 6.67. The summed E-state index contributed by atoms with van der Waals surface area (Å²) in [5.41, 5.74) is 6.37. The number of rotatable bonds is 5. The van der Waals surface area contributed by atoms with Gasteiger partial charge in [-0.1, -0.05) is 12.1 Å². The van der Waals surface area contributed by atoms with Gasteiger partial charge < -0.3 is 15.6 Å². The van der Waals surface area contributed by atoms with Crippen molar-refractivity contribution in [1.29, 1.82) is 0 Å². The fraction of sp³-hybridized carbons (Fsp3) is 0.300. The van der Waals surface area contributed by atoms with Crippen LogP contribution in [0.5, 0.6) is 0 Å². The molecule has 0 spiro atoms. The van der Waals surface area contributed by atoms with Crippen molar-refractivity contribution in [2.75, 3.05) is 13.2 Å². The lowest BCUT2D eigenvalue weighted by Gasteiger charge is -2.03. The number of carboxylic acid groups (broad SMARTS) is 1. The van der Waals surface area contributed by atoms with Crippen molar-refractivity contribution in [3.8, 4) is 0 Å². The molecule has 0 aromatic heterocycles. The molecule has 0 unspecified atom stereocenters. The summed E-state index contributed by atoms with van der Waals surface area (Å²) in [7, 11) is 0. The maximum absolute atomic E-state index is 10.6. The molecule has 4 heteroatoms. The highest BCUT2D eigenvalue weighted by atomic mass is 16.5. The van der Waals surface area contributed by atoms with E-state index in [4.69, 9.17) is 15.6 Å². The van der Waals surface area contributed by atoms with Gasteiger partial charge in [0.25, 0.3) is 0 Å². The van der Waals surface area contributed by atoms with Crippen LogP contribution < -0.4 is 5.73 Å². The van der Waals surface area contributed by atoms with Gasteiger partial charge in [0.15, 0.2) is 0 Å². The van der Waals surface area contributed by atoms with Gasteiger partial charge >= 0.3 is 5.97 Å². The molecule has 0 aliphatic heterocycles. The number of hydrogen-bond acceptors (Lipinski definition) is 3. The molecule has 3 N–H and O–H groups in total. The molecule has 76 valence electrons. The maximum Gasteiger partial charge on any atom is 0.335 e. The molecule has 0 radical (unpaired) electrons. The Morgan fingerprint density at radius 3 is 2.93 bits per heavy atom. The summed E-state index contributed by atoms with van der Waals surface area (Å²) < 4.78 is 5.19. The number of benzene rings is 1. The second-order valence-corrected chi connectivity index (χ2v) is 2.85. The average Bonchev–Trinajstić information content (AvgIpc) is 2.19. The van der Waals surface area contributed by atoms with Crippen LogP contribution in [0, 0.1) is 0 Å². The smallest absolute Gasteiger partial charge is 0.335 e. The van der Waals surface area contributed by atoms with Crippen molar-refractivity contribution in [3.63, 3.8) is 0 Å². The summed E-state index contributed by atoms with van der Waals surface area (Å²) >= 11 is 0. The van der Waals surface area contributed by atoms with Gasteiger partial charge in [-0.05, 0) is 17.7 Å². The Labute approximate surface area is 82.3 Å². The summed E-state index contributed by atoms with van der Waals surface area (Å²) in [6.45, 7) is 1.36. The Morgan fingerprint density at radius 2 is 2.29 bits per heavy atom. The first-order valence-electron chi connectivity index (χ1n) is 4.34. The molecule has 0 amide bonds. The predicted molar refractivity (Wildman–Crippen MR) is 52.1 cm³/mol. The topological polar surface area (TPSA) is 72.5 Å². The molecule has 0 saturated heterocycles. The van der Waals surface area contributed by atoms with Crippen LogP contribution in [-0.4, -0.2) is 24.2 Å². The number of ether oxygens (including phenoxy) is 1. The second-order valence-electron chi connectivity index (χ2n) is 2.85. The molecule has 0 atom stereocenters. The van der Waals surface area contributed by atoms with E-state index in [9.17, 15) is 4.79 Å². The van der Waals surface area contributed by atoms with E-state index in [2.05, 4.69) is 0 Å². The predicted octanol–water partition coefficient (Wildman–Crippen LogP) is 0.860. The molecule has 0 heterocycles. The fourth-order valence-corrected chi connectivity index (χ4v) is 1.07. The summed E-state index contributed by atoms with van der Waals surface area (Å²) in [4.78, 5) is 10.6. The number of aromatic carboxylic acids is 1. The van der Waals surface area contributed by atoms with Crippen LogP contribution in [0.15, 0.2) is 24.3 Å². The fourth-order valence-electron chi connectivity index (χ4n) is 1.07. The van der Waals surface area contributed by atoms with Crippen molar-refractivity contribution in [2.24, 2.45) is 5.73 Å². The molecule has 1 aromatic rings. The quantitative estimate of drug-likeness (QED) is 0.683. The number of hydrogen-bond donors (Lipinski definition) is 2. The minimum absolute atomic E-state index is 0.277. The van der Waals surface area contributed by atoms with Gasteiger partial charge in [-0.3, -0.25) is 0 Å². The highest BCUT2D eigenvalue weighted by molar-refractivity contribution is 5.87. The van der Waals surface area contributed by atoms with Crippen molar-refractivity contribution in [3.05, 3.63) is 35.4 Å². The Balaban J connectivity index is 2.59. The average molecular weight is 195 g/mol. The molecular formula is C10H13NO3. The molecule has 14 heavy (non-hydrogen) atoms. The van der Waals surface area contributed by atoms with Gasteiger partial charge in [-0.15, -0.1) is 0 Å². The number of nitrogens with two attached hydrogens (primary N) is 1. The molecule has 1 rings (SSSR count). The van der Waals surface area contributed by atoms with Crippen LogP contribution in [-0.2, 0) is 11.3 Å². The molecule has 0 aliphatic carbocycles. The first-order valence-corrected chi connectivity index (χ1v) is 4.34. The molecular weight excluding hydrogens is 182 g/mol. The van der Waals surface area contributed by atoms with E-state index in [1.54, 1.807) is 18.2 Å². The minimum Gasteiger partial charge on any atom is -0.478 e. The third-order valence-corrected chi connectivity index (χ3v) is 1.70. The zero-order chi connectivity index (χ0) is 10.4. The van der Waals surface area contributed by atoms with Gasteiger partial charge in [-0.2, -0.15) is 0 Å². The van der Waals surface area contributed by atoms with Crippen molar-refractivity contribution in [2.45, 2.75) is 6.61 Å². The molecule has 0 fully saturated rings. The van der Waals surface area contributed by atoms with Gasteiger partial charge in [0, 0.05) is 6.54 Å². The highest BCUT2D eigenvalue weighted by Gasteiger charge is 2.02. The summed E-state index contributed by atoms with van der Waals surface area (Å²) in [6.07, 6.45) is 0. The van der Waals surface area contributed by atoms with E-state index in [-0.39, 0.29) is 5.56 Å². The zero-order valence-electron chi connectivity index (χ0n) is 7.77. The van der Waals surface area contributed by atoms with Gasteiger partial charge in [-0.25, -0.2) is 4.79 Å². The van der Waals surface area contributed by atoms with Crippen LogP contribution in [0.1, 0.15) is 15.9 Å². The SMILES string of the molecule is NCCOCc1cccc(C(=O)O)c1. The van der Waals surface area contributed by atoms with Crippen LogP contribution >= 0.6 is 0 Å². The van der Waals surface area contributed by atoms with Crippen molar-refractivity contribution >= 4 is 5.97 Å². The molecule has 0 bridgehead atoms. The van der Waals surface area contributed by atoms with Crippen molar-refractivity contribution < 1.29 is 14.6 Å². The highest BCUT2D eigenvalue weighted by Crippen LogP contribution is 2.06. The Morgan fingerprint density at radius 1 is 1.50 bits per heavy atom. The molecule has 0 aliphatic rings. The van der Waals surface area contributed by atoms with Gasteiger partial charge in [0.2, 0.25) is 0 Å². The largest absolute Gasteiger partial charge is 0.478 e. The monoisotopic (exact) mass is 195 g/mol. The lowest BCUT2D eigenvalue weighted by Crippen LogP contribution is -2.08. The van der Waals surface area contributed by atoms with Crippen LogP contribution in [0.25, 0.3) is 0 Å². The van der Waals surface area contributed by atoms with Gasteiger partial charge in [0.1, 0.15) is 0 Å². The van der Waals surface area contributed by atoms with E-state index >= 15 is 0 Å². The van der Waals surface area contributed by atoms with E-state index in [0.717, 1.165) is 5.56 Å². The first kappa shape index (κ1) is 10.7. The third-order valence-electron chi connectivity index (χ3n) is 1.70. The molecule has 4 nitrogen and oxygen atoms in total. The first-order chi connectivity index (χ1) is 6.74. The maximum atomic E-state index is 10.6. The number of carboxylic acids is 1. The lowest BCUT2D eigenvalue weighted by atomic mass is 10.1. The van der Waals surface area contributed by atoms with E-state index in [0.29, 0.717) is 19.8 Å². The van der Waals surface area contributed by atoms with E-state index in [1.165, 1.54) is 0 Å². The standard InChI is InChI=1S/C10H13NO3/c11-4-5-14-7-8-2-1-3-9(6-8)10(12)13/h1-3,6H,4-5,7,11H2,(H,12,13). The zero-order valence-corrected chi connectivity index (χ0v) is 7.77. The Hall–Kier alpha value is -1.39.